The molecule has 1 unspecified atom stereocenters. The Morgan fingerprint density at radius 1 is 0.826 bits per heavy atom. The van der Waals surface area contributed by atoms with Gasteiger partial charge in [-0.25, -0.2) is 9.59 Å². The van der Waals surface area contributed by atoms with Crippen molar-refractivity contribution in [2.24, 2.45) is 0 Å². The number of aliphatic hydroxyl groups is 2. The van der Waals surface area contributed by atoms with Crippen LogP contribution in [0.2, 0.25) is 0 Å². The Morgan fingerprint density at radius 3 is 1.76 bits per heavy atom. The van der Waals surface area contributed by atoms with Gasteiger partial charge in [-0.1, -0.05) is 50.2 Å². The molecule has 0 bridgehead atoms. The van der Waals surface area contributed by atoms with E-state index in [9.17, 15) is 50.9 Å². The summed E-state index contributed by atoms with van der Waals surface area (Å²) in [5.74, 6) is -2.52. The average molecular weight is 668 g/mol. The van der Waals surface area contributed by atoms with Gasteiger partial charge in [-0.15, -0.1) is 0 Å². The van der Waals surface area contributed by atoms with E-state index in [4.69, 9.17) is 19.7 Å². The van der Waals surface area contributed by atoms with Crippen molar-refractivity contribution in [1.29, 1.82) is 0 Å². The third kappa shape index (κ3) is 13.9. The minimum absolute atomic E-state index is 0.0279. The van der Waals surface area contributed by atoms with E-state index in [1.54, 1.807) is 24.3 Å². The first-order valence-electron chi connectivity index (χ1n) is 13.6. The lowest BCUT2D eigenvalue weighted by molar-refractivity contribution is -0.376. The number of ether oxygens (including phenoxy) is 2. The highest BCUT2D eigenvalue weighted by Gasteiger charge is 2.71. The molecular formula is C30H35F6NO9. The van der Waals surface area contributed by atoms with E-state index in [0.29, 0.717) is 48.6 Å². The van der Waals surface area contributed by atoms with E-state index in [1.807, 2.05) is 13.8 Å². The number of carbonyl (C=O) groups is 3. The molecular weight excluding hydrogens is 632 g/mol. The maximum Gasteiger partial charge on any atom is 0.430 e. The Kier molecular flexibility index (Phi) is 15.7. The van der Waals surface area contributed by atoms with E-state index >= 15 is 0 Å². The molecule has 2 aromatic rings. The van der Waals surface area contributed by atoms with E-state index in [0.717, 1.165) is 17.7 Å². The normalized spacial score (nSPS) is 12.8. The van der Waals surface area contributed by atoms with Gasteiger partial charge in [0, 0.05) is 43.1 Å². The van der Waals surface area contributed by atoms with Crippen LogP contribution in [0.4, 0.5) is 26.3 Å². The summed E-state index contributed by atoms with van der Waals surface area (Å²) in [5.41, 5.74) is -5.18. The van der Waals surface area contributed by atoms with Crippen LogP contribution in [0, 0.1) is 0 Å². The third-order valence-corrected chi connectivity index (χ3v) is 5.96. The highest BCUT2D eigenvalue weighted by molar-refractivity contribution is 5.89. The molecule has 0 heterocycles. The van der Waals surface area contributed by atoms with Gasteiger partial charge >= 0.3 is 30.3 Å². The molecule has 0 spiro atoms. The number of nitrogens with one attached hydrogen (secondary N) is 1. The van der Waals surface area contributed by atoms with Gasteiger partial charge in [-0.05, 0) is 29.7 Å². The monoisotopic (exact) mass is 667 g/mol. The van der Waals surface area contributed by atoms with Gasteiger partial charge in [0.2, 0.25) is 0 Å². The number of alkyl halides is 6. The highest BCUT2D eigenvalue weighted by atomic mass is 19.4. The fraction of sp³-hybridized carbons (Fsp3) is 0.433. The molecule has 0 amide bonds. The van der Waals surface area contributed by atoms with Gasteiger partial charge in [0.1, 0.15) is 18.5 Å². The van der Waals surface area contributed by atoms with Crippen LogP contribution in [-0.4, -0.2) is 82.6 Å². The van der Waals surface area contributed by atoms with Crippen molar-refractivity contribution in [1.82, 2.24) is 5.32 Å². The van der Waals surface area contributed by atoms with Gasteiger partial charge in [0.25, 0.3) is 5.60 Å². The quantitative estimate of drug-likeness (QED) is 0.106. The molecule has 5 N–H and O–H groups in total. The largest absolute Gasteiger partial charge is 0.491 e. The number of hydrogen-bond donors (Lipinski definition) is 5. The zero-order chi connectivity index (χ0) is 35.1. The number of carbonyl (C=O) groups excluding carboxylic acids is 1. The van der Waals surface area contributed by atoms with Crippen molar-refractivity contribution in [3.8, 4) is 5.75 Å². The second kappa shape index (κ2) is 18.1. The second-order valence-electron chi connectivity index (χ2n) is 10.1. The second-order valence-corrected chi connectivity index (χ2v) is 10.1. The first-order chi connectivity index (χ1) is 21.3. The fourth-order valence-corrected chi connectivity index (χ4v) is 3.52. The van der Waals surface area contributed by atoms with Crippen LogP contribution in [0.25, 0.3) is 0 Å². The number of halogens is 6. The molecule has 0 saturated carbocycles. The van der Waals surface area contributed by atoms with Gasteiger partial charge < -0.3 is 35.2 Å². The molecule has 256 valence electrons. The van der Waals surface area contributed by atoms with Crippen LogP contribution in [0.5, 0.6) is 5.75 Å². The van der Waals surface area contributed by atoms with Gasteiger partial charge in [0.05, 0.1) is 6.61 Å². The first-order valence-corrected chi connectivity index (χ1v) is 13.6. The summed E-state index contributed by atoms with van der Waals surface area (Å²) < 4.78 is 88.5. The molecule has 10 nitrogen and oxygen atoms in total. The number of aryl methyl sites for hydroxylation is 1. The van der Waals surface area contributed by atoms with Crippen LogP contribution in [-0.2, 0) is 37.6 Å². The smallest absolute Gasteiger partial charge is 0.430 e. The molecule has 46 heavy (non-hydrogen) atoms. The lowest BCUT2D eigenvalue weighted by Crippen LogP contribution is -2.53. The third-order valence-electron chi connectivity index (χ3n) is 5.96. The zero-order valence-corrected chi connectivity index (χ0v) is 24.8. The van der Waals surface area contributed by atoms with Crippen molar-refractivity contribution < 1.29 is 70.6 Å². The molecule has 0 radical (unpaired) electrons. The highest BCUT2D eigenvalue weighted by Crippen LogP contribution is 2.49. The van der Waals surface area contributed by atoms with Crippen LogP contribution >= 0.6 is 0 Å². The minimum atomic E-state index is -5.96. The zero-order valence-electron chi connectivity index (χ0n) is 24.8. The Balaban J connectivity index is 0.00000116. The topological polar surface area (TPSA) is 163 Å². The maximum atomic E-state index is 13.0. The molecule has 0 aliphatic carbocycles. The predicted octanol–water partition coefficient (Wildman–Crippen LogP) is 4.17. The van der Waals surface area contributed by atoms with Crippen LogP contribution in [0.1, 0.15) is 37.0 Å². The van der Waals surface area contributed by atoms with Crippen molar-refractivity contribution in [2.45, 2.75) is 63.2 Å². The van der Waals surface area contributed by atoms with E-state index in [-0.39, 0.29) is 32.1 Å². The molecule has 2 aromatic carbocycles. The summed E-state index contributed by atoms with van der Waals surface area (Å²) in [6, 6.07) is 10.3. The molecule has 0 saturated heterocycles. The van der Waals surface area contributed by atoms with Gasteiger partial charge in [-0.2, -0.15) is 26.3 Å². The Bertz CT molecular complexity index is 1250. The van der Waals surface area contributed by atoms with Crippen LogP contribution in [0.15, 0.2) is 60.7 Å². The van der Waals surface area contributed by atoms with Crippen molar-refractivity contribution in [3.63, 3.8) is 0 Å². The Hall–Kier alpha value is -4.15. The van der Waals surface area contributed by atoms with E-state index in [2.05, 4.69) is 5.32 Å². The molecule has 1 atom stereocenters. The Labute approximate surface area is 260 Å². The molecule has 2 rings (SSSR count). The number of benzene rings is 2. The maximum absolute atomic E-state index is 13.0. The average Bonchev–Trinajstić information content (AvgIpc) is 2.96. The van der Waals surface area contributed by atoms with E-state index < -0.39 is 47.5 Å². The Morgan fingerprint density at radius 2 is 1.30 bits per heavy atom. The minimum Gasteiger partial charge on any atom is -0.491 e. The lowest BCUT2D eigenvalue weighted by atomic mass is 9.91. The number of esters is 1. The summed E-state index contributed by atoms with van der Waals surface area (Å²) in [4.78, 5) is 31.1. The summed E-state index contributed by atoms with van der Waals surface area (Å²) >= 11 is 0. The number of aliphatic carboxylic acids is 2. The van der Waals surface area contributed by atoms with Crippen molar-refractivity contribution in [3.05, 3.63) is 77.4 Å². The first kappa shape index (κ1) is 39.9. The van der Waals surface area contributed by atoms with Crippen LogP contribution < -0.4 is 10.1 Å². The SMILES string of the molecule is CC(C)NCC(O)COc1ccc(CCOC(=O)CCc2ccc(C(O)(C(F)(F)F)C(F)(F)F)cc2)cc1.O=C(O)/C=C/C(=O)O. The summed E-state index contributed by atoms with van der Waals surface area (Å²) in [7, 11) is 0. The van der Waals surface area contributed by atoms with Gasteiger partial charge in [0.15, 0.2) is 0 Å². The molecule has 16 heteroatoms. The van der Waals surface area contributed by atoms with E-state index in [1.165, 1.54) is 0 Å². The lowest BCUT2D eigenvalue weighted by Gasteiger charge is -2.32. The van der Waals surface area contributed by atoms with Gasteiger partial charge in [-0.3, -0.25) is 4.79 Å². The fourth-order valence-electron chi connectivity index (χ4n) is 3.52. The molecule has 0 aliphatic rings. The molecule has 0 aromatic heterocycles. The summed E-state index contributed by atoms with van der Waals surface area (Å²) in [6.45, 7) is 4.55. The number of hydrogen-bond acceptors (Lipinski definition) is 8. The number of rotatable bonds is 15. The number of aliphatic hydroxyl groups excluding tert-OH is 1. The van der Waals surface area contributed by atoms with Crippen molar-refractivity contribution in [2.75, 3.05) is 19.8 Å². The van der Waals surface area contributed by atoms with Crippen molar-refractivity contribution >= 4 is 17.9 Å². The summed E-state index contributed by atoms with van der Waals surface area (Å²) in [5, 5.41) is 38.0. The number of carboxylic acids is 2. The molecule has 0 fully saturated rings. The van der Waals surface area contributed by atoms with Crippen LogP contribution in [0.3, 0.4) is 0 Å². The predicted molar refractivity (Wildman–Crippen MR) is 151 cm³/mol. The molecule has 0 aliphatic heterocycles. The summed E-state index contributed by atoms with van der Waals surface area (Å²) in [6.07, 6.45) is -11.2. The standard InChI is InChI=1S/C26H31F6NO5.C4H4O4/c1-17(2)33-15-21(34)16-38-22-10-5-19(6-11-22)13-14-37-23(35)12-7-18-3-8-20(9-4-18)24(36,25(27,28)29)26(30,31)32;5-3(6)1-2-4(7)8/h3-6,8-11,17,21,33-34,36H,7,12-16H2,1-2H3;1-2H,(H,5,6)(H,7,8)/b;2-1+. The number of carboxylic acid groups (broad SMARTS) is 2.